The van der Waals surface area contributed by atoms with E-state index in [2.05, 4.69) is 14.7 Å². The molecule has 2 aliphatic rings. The van der Waals surface area contributed by atoms with Gasteiger partial charge >= 0.3 is 6.61 Å². The molecule has 1 heterocycles. The van der Waals surface area contributed by atoms with Crippen molar-refractivity contribution in [2.24, 2.45) is 21.5 Å². The summed E-state index contributed by atoms with van der Waals surface area (Å²) >= 11 is 0. The van der Waals surface area contributed by atoms with Gasteiger partial charge in [-0.2, -0.15) is 13.8 Å². The highest BCUT2D eigenvalue weighted by molar-refractivity contribution is 6.06. The largest absolute Gasteiger partial charge is 0.429 e. The molecule has 3 rings (SSSR count). The third-order valence-electron chi connectivity index (χ3n) is 4.25. The summed E-state index contributed by atoms with van der Waals surface area (Å²) in [6.45, 7) is -3.17. The van der Waals surface area contributed by atoms with Crippen LogP contribution in [0.3, 0.4) is 0 Å². The van der Waals surface area contributed by atoms with Crippen LogP contribution in [0.15, 0.2) is 28.2 Å². The molecule has 0 bridgehead atoms. The molecule has 0 unspecified atom stereocenters. The van der Waals surface area contributed by atoms with Gasteiger partial charge in [-0.1, -0.05) is 12.5 Å². The number of rotatable bonds is 3. The van der Waals surface area contributed by atoms with Crippen LogP contribution in [0.25, 0.3) is 0 Å². The van der Waals surface area contributed by atoms with Crippen LogP contribution in [-0.2, 0) is 0 Å². The molecule has 0 atom stereocenters. The number of hydrogen-bond acceptors (Lipinski definition) is 6. The number of anilines is 1. The van der Waals surface area contributed by atoms with E-state index in [1.54, 1.807) is 0 Å². The standard InChI is InChI=1S/C15H18F3N5O/c16-9-5-4-6-10(11(9)24-12(17)18)23-14(20)21-13(19)22-15(23)7-2-1-3-8-15/h4-6,12H,1-3,7-8H2,(H4,19,20,21,22). The van der Waals surface area contributed by atoms with Crippen molar-refractivity contribution in [1.82, 2.24) is 0 Å². The predicted molar refractivity (Wildman–Crippen MR) is 84.6 cm³/mol. The smallest absolute Gasteiger partial charge is 0.387 e. The molecule has 1 aliphatic carbocycles. The number of halogens is 3. The van der Waals surface area contributed by atoms with E-state index in [4.69, 9.17) is 11.5 Å². The Hall–Kier alpha value is -2.45. The Bertz CT molecular complexity index is 686. The van der Waals surface area contributed by atoms with Crippen molar-refractivity contribution in [3.05, 3.63) is 24.0 Å². The van der Waals surface area contributed by atoms with Crippen LogP contribution in [0.2, 0.25) is 0 Å². The summed E-state index contributed by atoms with van der Waals surface area (Å²) in [6, 6.07) is 3.90. The van der Waals surface area contributed by atoms with Gasteiger partial charge in [0.2, 0.25) is 11.9 Å². The average molecular weight is 341 g/mol. The number of benzene rings is 1. The minimum Gasteiger partial charge on any atom is -0.429 e. The summed E-state index contributed by atoms with van der Waals surface area (Å²) in [6.07, 6.45) is 3.95. The van der Waals surface area contributed by atoms with Gasteiger partial charge in [0, 0.05) is 0 Å². The van der Waals surface area contributed by atoms with Gasteiger partial charge in [-0.15, -0.1) is 0 Å². The lowest BCUT2D eigenvalue weighted by atomic mass is 9.87. The highest BCUT2D eigenvalue weighted by Gasteiger charge is 2.44. The summed E-state index contributed by atoms with van der Waals surface area (Å²) in [7, 11) is 0. The molecule has 0 aromatic heterocycles. The second kappa shape index (κ2) is 6.21. The lowest BCUT2D eigenvalue weighted by molar-refractivity contribution is -0.0519. The Morgan fingerprint density at radius 2 is 1.88 bits per heavy atom. The molecule has 1 saturated carbocycles. The van der Waals surface area contributed by atoms with Gasteiger partial charge in [0.25, 0.3) is 0 Å². The molecule has 6 nitrogen and oxygen atoms in total. The normalized spacial score (nSPS) is 20.1. The van der Waals surface area contributed by atoms with E-state index in [9.17, 15) is 13.2 Å². The first-order chi connectivity index (χ1) is 11.4. The first-order valence-electron chi connectivity index (χ1n) is 7.66. The fraction of sp³-hybridized carbons (Fsp3) is 0.467. The highest BCUT2D eigenvalue weighted by Crippen LogP contribution is 2.43. The van der Waals surface area contributed by atoms with Gasteiger partial charge in [0.05, 0.1) is 5.69 Å². The number of nitrogens with two attached hydrogens (primary N) is 2. The number of guanidine groups is 2. The Morgan fingerprint density at radius 3 is 2.54 bits per heavy atom. The molecule has 4 N–H and O–H groups in total. The van der Waals surface area contributed by atoms with Crippen molar-refractivity contribution in [3.63, 3.8) is 0 Å². The zero-order valence-corrected chi connectivity index (χ0v) is 12.9. The molecule has 1 aromatic carbocycles. The van der Waals surface area contributed by atoms with Gasteiger partial charge in [0.15, 0.2) is 11.6 Å². The zero-order chi connectivity index (χ0) is 17.3. The van der Waals surface area contributed by atoms with Crippen molar-refractivity contribution in [1.29, 1.82) is 0 Å². The summed E-state index contributed by atoms with van der Waals surface area (Å²) in [4.78, 5) is 9.80. The van der Waals surface area contributed by atoms with Crippen LogP contribution in [0, 0.1) is 5.82 Å². The van der Waals surface area contributed by atoms with Crippen molar-refractivity contribution in [2.75, 3.05) is 4.90 Å². The molecule has 1 spiro atoms. The molecule has 24 heavy (non-hydrogen) atoms. The van der Waals surface area contributed by atoms with E-state index < -0.39 is 23.8 Å². The van der Waals surface area contributed by atoms with Crippen LogP contribution in [-0.4, -0.2) is 24.2 Å². The van der Waals surface area contributed by atoms with Gasteiger partial charge in [-0.3, -0.25) is 4.90 Å². The topological polar surface area (TPSA) is 89.2 Å². The molecule has 0 amide bonds. The van der Waals surface area contributed by atoms with Gasteiger partial charge in [0.1, 0.15) is 5.66 Å². The molecular formula is C15H18F3N5O. The Balaban J connectivity index is 2.12. The second-order valence-corrected chi connectivity index (χ2v) is 5.79. The molecule has 0 radical (unpaired) electrons. The van der Waals surface area contributed by atoms with Crippen LogP contribution < -0.4 is 21.1 Å². The number of para-hydroxylation sites is 1. The maximum Gasteiger partial charge on any atom is 0.387 e. The van der Waals surface area contributed by atoms with E-state index >= 15 is 0 Å². The maximum atomic E-state index is 14.1. The lowest BCUT2D eigenvalue weighted by Crippen LogP contribution is -2.58. The van der Waals surface area contributed by atoms with Crippen LogP contribution in [0.1, 0.15) is 32.1 Å². The molecule has 1 aliphatic heterocycles. The monoisotopic (exact) mass is 341 g/mol. The van der Waals surface area contributed by atoms with E-state index in [1.807, 2.05) is 0 Å². The van der Waals surface area contributed by atoms with E-state index in [0.29, 0.717) is 12.8 Å². The predicted octanol–water partition coefficient (Wildman–Crippen LogP) is 2.54. The molecule has 130 valence electrons. The fourth-order valence-electron chi connectivity index (χ4n) is 3.35. The van der Waals surface area contributed by atoms with Crippen molar-refractivity contribution in [2.45, 2.75) is 44.4 Å². The number of hydrogen-bond donors (Lipinski definition) is 2. The SMILES string of the molecule is NC1=NC2(CCCCC2)N(c2cccc(F)c2OC(F)F)C(N)=N1. The zero-order valence-electron chi connectivity index (χ0n) is 12.9. The van der Waals surface area contributed by atoms with Crippen LogP contribution in [0.4, 0.5) is 18.9 Å². The molecular weight excluding hydrogens is 323 g/mol. The number of alkyl halides is 2. The van der Waals surface area contributed by atoms with Gasteiger partial charge in [-0.05, 0) is 37.8 Å². The lowest BCUT2D eigenvalue weighted by Gasteiger charge is -2.45. The third kappa shape index (κ3) is 2.85. The Labute approximate surface area is 137 Å². The Morgan fingerprint density at radius 1 is 1.17 bits per heavy atom. The Kier molecular flexibility index (Phi) is 4.25. The fourth-order valence-corrected chi connectivity index (χ4v) is 3.35. The molecule has 9 heteroatoms. The minimum atomic E-state index is -3.17. The number of aliphatic imine (C=N–C) groups is 2. The quantitative estimate of drug-likeness (QED) is 0.884. The summed E-state index contributed by atoms with van der Waals surface area (Å²) in [5, 5.41) is 0. The van der Waals surface area contributed by atoms with Crippen LogP contribution in [0.5, 0.6) is 5.75 Å². The maximum absolute atomic E-state index is 14.1. The molecule has 0 saturated heterocycles. The van der Waals surface area contributed by atoms with Crippen molar-refractivity contribution < 1.29 is 17.9 Å². The van der Waals surface area contributed by atoms with Crippen molar-refractivity contribution >= 4 is 17.6 Å². The second-order valence-electron chi connectivity index (χ2n) is 5.79. The average Bonchev–Trinajstić information content (AvgIpc) is 2.50. The molecule has 1 aromatic rings. The van der Waals surface area contributed by atoms with Gasteiger partial charge in [-0.25, -0.2) is 9.38 Å². The van der Waals surface area contributed by atoms with Gasteiger partial charge < -0.3 is 16.2 Å². The first-order valence-corrected chi connectivity index (χ1v) is 7.66. The first kappa shape index (κ1) is 16.4. The van der Waals surface area contributed by atoms with E-state index in [1.165, 1.54) is 17.0 Å². The number of nitrogens with zero attached hydrogens (tertiary/aromatic N) is 3. The van der Waals surface area contributed by atoms with E-state index in [-0.39, 0.29) is 17.6 Å². The summed E-state index contributed by atoms with van der Waals surface area (Å²) in [5.74, 6) is -1.48. The third-order valence-corrected chi connectivity index (χ3v) is 4.25. The number of ether oxygens (including phenoxy) is 1. The minimum absolute atomic E-state index is 0.0193. The highest BCUT2D eigenvalue weighted by atomic mass is 19.3. The molecule has 1 fully saturated rings. The summed E-state index contributed by atoms with van der Waals surface area (Å²) in [5.41, 5.74) is 11.0. The van der Waals surface area contributed by atoms with Crippen LogP contribution >= 0.6 is 0 Å². The van der Waals surface area contributed by atoms with E-state index in [0.717, 1.165) is 25.3 Å². The summed E-state index contributed by atoms with van der Waals surface area (Å²) < 4.78 is 43.9. The van der Waals surface area contributed by atoms with Crippen molar-refractivity contribution in [3.8, 4) is 5.75 Å².